The summed E-state index contributed by atoms with van der Waals surface area (Å²) in [5, 5.41) is 29.8. The van der Waals surface area contributed by atoms with Gasteiger partial charge in [0.05, 0.1) is 18.5 Å². The normalized spacial score (nSPS) is 21.4. The number of aliphatic hydroxyl groups is 2. The third kappa shape index (κ3) is 5.76. The van der Waals surface area contributed by atoms with Crippen LogP contribution in [0.2, 0.25) is 0 Å². The summed E-state index contributed by atoms with van der Waals surface area (Å²) in [5.41, 5.74) is 6.12. The van der Waals surface area contributed by atoms with E-state index in [0.29, 0.717) is 0 Å². The Morgan fingerprint density at radius 3 is 2.58 bits per heavy atom. The molecule has 202 valence electrons. The van der Waals surface area contributed by atoms with Crippen molar-refractivity contribution in [2.75, 3.05) is 12.3 Å². The van der Waals surface area contributed by atoms with Crippen molar-refractivity contribution in [3.63, 3.8) is 0 Å². The number of carbonyl (C=O) groups is 3. The molecule has 1 fully saturated rings. The Labute approximate surface area is 214 Å². The number of nitrogen functional groups attached to an aromatic ring is 1. The van der Waals surface area contributed by atoms with Gasteiger partial charge in [0.2, 0.25) is 5.91 Å². The van der Waals surface area contributed by atoms with Gasteiger partial charge in [-0.25, -0.2) is 24.5 Å². The van der Waals surface area contributed by atoms with Gasteiger partial charge in [-0.15, -0.1) is 0 Å². The Kier molecular flexibility index (Phi) is 7.65. The summed E-state index contributed by atoms with van der Waals surface area (Å²) in [7, 11) is -4.67. The lowest BCUT2D eigenvalue weighted by Gasteiger charge is -2.16. The highest BCUT2D eigenvalue weighted by Gasteiger charge is 2.45. The summed E-state index contributed by atoms with van der Waals surface area (Å²) in [6.45, 7) is -0.762. The average Bonchev–Trinajstić information content (AvgIpc) is 3.43. The number of aromatic nitrogens is 4. The van der Waals surface area contributed by atoms with Crippen molar-refractivity contribution in [2.45, 2.75) is 37.4 Å². The van der Waals surface area contributed by atoms with E-state index in [0.717, 1.165) is 6.07 Å². The fourth-order valence-corrected chi connectivity index (χ4v) is 4.48. The quantitative estimate of drug-likeness (QED) is 0.185. The molecular weight excluding hydrogens is 528 g/mol. The van der Waals surface area contributed by atoms with Crippen molar-refractivity contribution in [1.82, 2.24) is 24.2 Å². The number of carboxylic acid groups (broad SMARTS) is 1. The van der Waals surface area contributed by atoms with Crippen LogP contribution in [0.5, 0.6) is 0 Å². The van der Waals surface area contributed by atoms with Crippen molar-refractivity contribution in [3.8, 4) is 0 Å². The molecule has 0 saturated carbocycles. The highest BCUT2D eigenvalue weighted by Crippen LogP contribution is 2.32. The second kappa shape index (κ2) is 10.8. The summed E-state index contributed by atoms with van der Waals surface area (Å²) in [6, 6.07) is 5.18. The average molecular weight is 551 g/mol. The van der Waals surface area contributed by atoms with Crippen LogP contribution < -0.4 is 10.5 Å². The molecular formula is C21H22N6O10S. The number of Topliss-reactive ketones (excluding diaryl/α,β-unsaturated/α-hetero) is 1. The van der Waals surface area contributed by atoms with Gasteiger partial charge in [-0.2, -0.15) is 8.42 Å². The number of hydrogen-bond donors (Lipinski definition) is 5. The van der Waals surface area contributed by atoms with Gasteiger partial charge in [0.15, 0.2) is 23.5 Å². The molecule has 2 aromatic heterocycles. The lowest BCUT2D eigenvalue weighted by Crippen LogP contribution is -2.37. The number of aliphatic hydroxyl groups excluding tert-OH is 2. The number of nitrogens with zero attached hydrogens (tertiary/aromatic N) is 4. The van der Waals surface area contributed by atoms with E-state index in [1.54, 1.807) is 4.72 Å². The minimum Gasteiger partial charge on any atom is -0.478 e. The molecule has 3 heterocycles. The zero-order chi connectivity index (χ0) is 27.6. The van der Waals surface area contributed by atoms with Gasteiger partial charge in [0.1, 0.15) is 30.2 Å². The van der Waals surface area contributed by atoms with E-state index in [1.165, 1.54) is 35.4 Å². The number of rotatable bonds is 10. The predicted molar refractivity (Wildman–Crippen MR) is 126 cm³/mol. The van der Waals surface area contributed by atoms with Crippen LogP contribution in [0.3, 0.4) is 0 Å². The smallest absolute Gasteiger partial charge is 0.362 e. The third-order valence-electron chi connectivity index (χ3n) is 5.64. The number of hydrogen-bond acceptors (Lipinski definition) is 13. The lowest BCUT2D eigenvalue weighted by molar-refractivity contribution is -0.119. The SMILES string of the molecule is Nc1ncnc2c1ncn2C1O[C@H](COS(=O)(=O)NC(=O)CCC(=O)c2cccc(C(=O)O)c2)[C@@H](O)[C@H]1O. The van der Waals surface area contributed by atoms with Crippen LogP contribution >= 0.6 is 0 Å². The number of amides is 1. The van der Waals surface area contributed by atoms with Crippen molar-refractivity contribution >= 4 is 44.9 Å². The maximum absolute atomic E-state index is 12.2. The molecule has 3 aromatic rings. The van der Waals surface area contributed by atoms with E-state index in [4.69, 9.17) is 19.8 Å². The molecule has 6 N–H and O–H groups in total. The monoisotopic (exact) mass is 550 g/mol. The number of fused-ring (bicyclic) bond motifs is 1. The molecule has 1 aromatic carbocycles. The Balaban J connectivity index is 1.31. The molecule has 0 bridgehead atoms. The number of nitrogens with one attached hydrogen (secondary N) is 1. The second-order valence-electron chi connectivity index (χ2n) is 8.20. The molecule has 0 radical (unpaired) electrons. The summed E-state index contributed by atoms with van der Waals surface area (Å²) in [5.74, 6) is -2.77. The molecule has 38 heavy (non-hydrogen) atoms. The van der Waals surface area contributed by atoms with Gasteiger partial charge >= 0.3 is 16.3 Å². The van der Waals surface area contributed by atoms with Crippen molar-refractivity contribution in [2.24, 2.45) is 0 Å². The van der Waals surface area contributed by atoms with Crippen LogP contribution in [0.15, 0.2) is 36.9 Å². The molecule has 1 aliphatic heterocycles. The second-order valence-corrected chi connectivity index (χ2v) is 9.55. The Morgan fingerprint density at radius 2 is 1.84 bits per heavy atom. The Morgan fingerprint density at radius 1 is 1.11 bits per heavy atom. The number of aromatic carboxylic acids is 1. The lowest BCUT2D eigenvalue weighted by atomic mass is 10.0. The van der Waals surface area contributed by atoms with Crippen LogP contribution in [0, 0.1) is 0 Å². The first-order valence-corrected chi connectivity index (χ1v) is 12.4. The van der Waals surface area contributed by atoms with Crippen LogP contribution in [0.1, 0.15) is 39.8 Å². The van der Waals surface area contributed by atoms with E-state index < -0.39 is 72.0 Å². The number of carbonyl (C=O) groups excluding carboxylic acids is 2. The number of benzene rings is 1. The van der Waals surface area contributed by atoms with Crippen molar-refractivity contribution in [1.29, 1.82) is 0 Å². The zero-order valence-electron chi connectivity index (χ0n) is 19.4. The summed E-state index contributed by atoms with van der Waals surface area (Å²) >= 11 is 0. The molecule has 16 nitrogen and oxygen atoms in total. The van der Waals surface area contributed by atoms with Crippen molar-refractivity contribution < 1.29 is 47.0 Å². The number of ether oxygens (including phenoxy) is 1. The van der Waals surface area contributed by atoms with E-state index in [9.17, 15) is 33.0 Å². The number of anilines is 1. The summed E-state index contributed by atoms with van der Waals surface area (Å²) in [6.07, 6.45) is -4.10. The van der Waals surface area contributed by atoms with E-state index >= 15 is 0 Å². The van der Waals surface area contributed by atoms with Crippen LogP contribution in [-0.2, 0) is 24.0 Å². The molecule has 17 heteroatoms. The topological polar surface area (TPSA) is 246 Å². The minimum atomic E-state index is -4.67. The minimum absolute atomic E-state index is 0.0529. The number of nitrogens with two attached hydrogens (primary N) is 1. The molecule has 1 saturated heterocycles. The molecule has 0 spiro atoms. The fourth-order valence-electron chi connectivity index (χ4n) is 3.73. The summed E-state index contributed by atoms with van der Waals surface area (Å²) in [4.78, 5) is 47.2. The molecule has 0 aliphatic carbocycles. The van der Waals surface area contributed by atoms with E-state index in [2.05, 4.69) is 15.0 Å². The highest BCUT2D eigenvalue weighted by atomic mass is 32.2. The van der Waals surface area contributed by atoms with E-state index in [1.807, 2.05) is 0 Å². The molecule has 4 atom stereocenters. The maximum Gasteiger partial charge on any atom is 0.362 e. The first-order chi connectivity index (χ1) is 18.0. The van der Waals surface area contributed by atoms with Crippen LogP contribution in [0.25, 0.3) is 11.2 Å². The predicted octanol–water partition coefficient (Wildman–Crippen LogP) is -1.23. The first kappa shape index (κ1) is 27.0. The molecule has 1 unspecified atom stereocenters. The van der Waals surface area contributed by atoms with Crippen LogP contribution in [-0.4, -0.2) is 85.8 Å². The molecule has 1 aliphatic rings. The van der Waals surface area contributed by atoms with Gasteiger partial charge < -0.3 is 25.8 Å². The number of imidazole rings is 1. The first-order valence-electron chi connectivity index (χ1n) is 11.0. The van der Waals surface area contributed by atoms with Crippen molar-refractivity contribution in [3.05, 3.63) is 48.0 Å². The number of carboxylic acids is 1. The Bertz CT molecular complexity index is 1490. The molecule has 1 amide bonds. The fraction of sp³-hybridized carbons (Fsp3) is 0.333. The van der Waals surface area contributed by atoms with E-state index in [-0.39, 0.29) is 28.1 Å². The molecule has 4 rings (SSSR count). The third-order valence-corrected chi connectivity index (χ3v) is 6.56. The largest absolute Gasteiger partial charge is 0.478 e. The van der Waals surface area contributed by atoms with Gasteiger partial charge in [-0.1, -0.05) is 12.1 Å². The standard InChI is InChI=1S/C21H22N6O10S/c22-18-15-19(24-8-23-18)27(9-25-15)20-17(31)16(30)13(37-20)7-36-38(34,35)26-14(29)5-4-12(28)10-2-1-3-11(6-10)21(32)33/h1-3,6,8-9,13,16-17,20,30-31H,4-5,7H2,(H,26,29)(H,32,33)(H2,22,23,24)/t13-,16-,17-,20?/m1/s1. The van der Waals surface area contributed by atoms with Gasteiger partial charge in [0, 0.05) is 18.4 Å². The summed E-state index contributed by atoms with van der Waals surface area (Å²) < 4.78 is 37.6. The van der Waals surface area contributed by atoms with Gasteiger partial charge in [-0.05, 0) is 12.1 Å². The zero-order valence-corrected chi connectivity index (χ0v) is 20.2. The number of ketones is 1. The Hall–Kier alpha value is -4.03. The van der Waals surface area contributed by atoms with Gasteiger partial charge in [0.25, 0.3) is 0 Å². The van der Waals surface area contributed by atoms with Crippen LogP contribution in [0.4, 0.5) is 5.82 Å². The highest BCUT2D eigenvalue weighted by molar-refractivity contribution is 7.85. The van der Waals surface area contributed by atoms with Gasteiger partial charge in [-0.3, -0.25) is 18.3 Å². The maximum atomic E-state index is 12.2.